The second kappa shape index (κ2) is 18.8. The molecule has 1 saturated heterocycles. The van der Waals surface area contributed by atoms with Crippen LogP contribution in [0.25, 0.3) is 28.2 Å². The van der Waals surface area contributed by atoms with Crippen molar-refractivity contribution in [2.75, 3.05) is 58.0 Å². The van der Waals surface area contributed by atoms with Crippen molar-refractivity contribution in [3.8, 4) is 40.2 Å². The zero-order chi connectivity index (χ0) is 40.4. The van der Waals surface area contributed by atoms with E-state index in [1.807, 2.05) is 71.5 Å². The van der Waals surface area contributed by atoms with Gasteiger partial charge in [-0.05, 0) is 79.1 Å². The molecule has 4 N–H and O–H groups in total. The summed E-state index contributed by atoms with van der Waals surface area (Å²) in [6.07, 6.45) is 11.5. The molecule has 0 saturated carbocycles. The maximum Gasteiger partial charge on any atom is 0.198 e. The first-order valence-corrected chi connectivity index (χ1v) is 19.7. The zero-order valence-electron chi connectivity index (χ0n) is 31.8. The average molecular weight is 821 g/mol. The number of benzene rings is 3. The monoisotopic (exact) mass is 820 g/mol. The van der Waals surface area contributed by atoms with E-state index >= 15 is 0 Å². The number of hydrogen-bond acceptors (Lipinski definition) is 15. The van der Waals surface area contributed by atoms with Gasteiger partial charge in [0.05, 0.1) is 49.8 Å². The maximum absolute atomic E-state index is 10.4. The molecule has 298 valence electrons. The molecule has 0 amide bonds. The third-order valence-corrected chi connectivity index (χ3v) is 9.66. The highest BCUT2D eigenvalue weighted by molar-refractivity contribution is 7.98. The molecular weight excluding hydrogens is 781 g/mol. The van der Waals surface area contributed by atoms with Crippen LogP contribution in [0.1, 0.15) is 0 Å². The Kier molecular flexibility index (Phi) is 12.9. The summed E-state index contributed by atoms with van der Waals surface area (Å²) in [5.41, 5.74) is 10.6. The van der Waals surface area contributed by atoms with Gasteiger partial charge < -0.3 is 44.5 Å². The summed E-state index contributed by atoms with van der Waals surface area (Å²) >= 11 is 6.43. The predicted molar refractivity (Wildman–Crippen MR) is 224 cm³/mol. The first kappa shape index (κ1) is 39.9. The number of H-pyrrole nitrogens is 1. The highest BCUT2D eigenvalue weighted by Gasteiger charge is 2.25. The number of aromatic amines is 1. The Hall–Kier alpha value is -6.27. The van der Waals surface area contributed by atoms with Gasteiger partial charge in [0.2, 0.25) is 0 Å². The molecule has 15 nitrogen and oxygen atoms in total. The molecular formula is C41H40N8O7S2. The molecule has 2 unspecified atom stereocenters. The highest BCUT2D eigenvalue weighted by Crippen LogP contribution is 2.37. The number of imidazole rings is 1. The first-order chi connectivity index (χ1) is 28.3. The van der Waals surface area contributed by atoms with Crippen LogP contribution in [0.3, 0.4) is 0 Å². The zero-order valence-corrected chi connectivity index (χ0v) is 33.4. The Labute approximate surface area is 343 Å². The van der Waals surface area contributed by atoms with Crippen molar-refractivity contribution in [2.45, 2.75) is 17.4 Å². The minimum atomic E-state index is -0.0658. The van der Waals surface area contributed by atoms with Crippen molar-refractivity contribution in [3.05, 3.63) is 108 Å². The van der Waals surface area contributed by atoms with Gasteiger partial charge in [0.25, 0.3) is 0 Å². The van der Waals surface area contributed by atoms with Crippen molar-refractivity contribution in [2.24, 2.45) is 0 Å². The second-order valence-electron chi connectivity index (χ2n) is 12.6. The van der Waals surface area contributed by atoms with E-state index in [9.17, 15) is 4.79 Å². The highest BCUT2D eigenvalue weighted by atomic mass is 32.2. The molecule has 3 aliphatic rings. The van der Waals surface area contributed by atoms with Gasteiger partial charge in [-0.3, -0.25) is 9.36 Å². The minimum Gasteiger partial charge on any atom is -0.497 e. The molecule has 1 aliphatic carbocycles. The van der Waals surface area contributed by atoms with Crippen molar-refractivity contribution in [1.82, 2.24) is 29.5 Å². The van der Waals surface area contributed by atoms with Gasteiger partial charge in [-0.2, -0.15) is 0 Å². The largest absolute Gasteiger partial charge is 0.497 e. The number of allylic oxidation sites excluding steroid dienone is 2. The van der Waals surface area contributed by atoms with Crippen LogP contribution in [0.15, 0.2) is 108 Å². The molecule has 58 heavy (non-hydrogen) atoms. The molecule has 3 aromatic heterocycles. The van der Waals surface area contributed by atoms with Crippen molar-refractivity contribution in [1.29, 1.82) is 0 Å². The minimum absolute atomic E-state index is 0.00227. The number of carbonyl (C=O) groups excluding carboxylic acids is 1. The Morgan fingerprint density at radius 1 is 0.897 bits per heavy atom. The topological polar surface area (TPSA) is 183 Å². The fourth-order valence-corrected chi connectivity index (χ4v) is 6.64. The molecule has 6 aromatic rings. The summed E-state index contributed by atoms with van der Waals surface area (Å²) in [6, 6.07) is 20.8. The van der Waals surface area contributed by atoms with Crippen LogP contribution >= 0.6 is 24.0 Å². The number of aromatic nitrogens is 6. The summed E-state index contributed by atoms with van der Waals surface area (Å²) < 4.78 is 35.1. The van der Waals surface area contributed by atoms with Crippen LogP contribution in [-0.4, -0.2) is 94.9 Å². The summed E-state index contributed by atoms with van der Waals surface area (Å²) in [5.74, 6) is 5.19. The van der Waals surface area contributed by atoms with Gasteiger partial charge in [-0.1, -0.05) is 23.9 Å². The van der Waals surface area contributed by atoms with E-state index in [1.54, 1.807) is 50.9 Å². The molecule has 9 rings (SSSR count). The quantitative estimate of drug-likeness (QED) is 0.0473. The molecule has 3 aromatic carbocycles. The number of rotatable bonds is 8. The molecule has 2 atom stereocenters. The van der Waals surface area contributed by atoms with E-state index in [2.05, 4.69) is 25.3 Å². The fourth-order valence-electron chi connectivity index (χ4n) is 6.11. The number of fused-ring (bicyclic) bond motifs is 3. The number of nitrogens with two attached hydrogens (primary N) is 1. The van der Waals surface area contributed by atoms with Crippen molar-refractivity contribution < 1.29 is 33.2 Å². The SMILES string of the molecule is COc1ccc(Nc2ccnc(=S)[nH]2)c(N)c1.COc1ccc2c(c1)nc(-c1ccc3c(c1)OCCO3)n2-c1ccnc(SC)n1.O=CC1=CC2OCCOC2C=C1. The molecule has 0 spiro atoms. The van der Waals surface area contributed by atoms with E-state index in [0.717, 1.165) is 69.0 Å². The average Bonchev–Trinajstić information content (AvgIpc) is 3.66. The van der Waals surface area contributed by atoms with Crippen LogP contribution < -0.4 is 30.0 Å². The molecule has 17 heteroatoms. The van der Waals surface area contributed by atoms with Crippen LogP contribution in [0.5, 0.6) is 23.0 Å². The van der Waals surface area contributed by atoms with Gasteiger partial charge in [-0.25, -0.2) is 19.9 Å². The van der Waals surface area contributed by atoms with E-state index in [1.165, 1.54) is 11.8 Å². The lowest BCUT2D eigenvalue weighted by molar-refractivity contribution is -0.107. The number of carbonyl (C=O) groups is 1. The Balaban J connectivity index is 0.000000149. The molecule has 0 radical (unpaired) electrons. The lowest BCUT2D eigenvalue weighted by atomic mass is 10.0. The summed E-state index contributed by atoms with van der Waals surface area (Å²) in [5, 5.41) is 3.82. The number of thioether (sulfide) groups is 1. The standard InChI is InChI=1S/C21H18N4O3S.C11H12N4OS.C9H10O3/c1-26-14-4-5-16-15(12-14)23-20(25(16)19-7-8-22-21(24-19)29-2)13-3-6-17-18(11-13)28-10-9-27-17;1-16-7-2-3-9(8(12)6-7)14-10-4-5-13-11(17)15-10;10-6-7-1-2-8-9(5-7)12-4-3-11-8/h3-8,11-12H,9-10H2,1-2H3;2-6H,12H2,1H3,(H2,13,14,15,17);1-2,5-6,8-9H,3-4H2. The second-order valence-corrected chi connectivity index (χ2v) is 13.7. The van der Waals surface area contributed by atoms with E-state index < -0.39 is 0 Å². The van der Waals surface area contributed by atoms with Crippen LogP contribution in [0.2, 0.25) is 0 Å². The number of nitrogen functional groups attached to an aromatic ring is 1. The number of hydrogen-bond donors (Lipinski definition) is 3. The van der Waals surface area contributed by atoms with Gasteiger partial charge in [-0.15, -0.1) is 0 Å². The van der Waals surface area contributed by atoms with E-state index in [0.29, 0.717) is 47.6 Å². The lowest BCUT2D eigenvalue weighted by Crippen LogP contribution is -2.37. The van der Waals surface area contributed by atoms with E-state index in [4.69, 9.17) is 51.4 Å². The predicted octanol–water partition coefficient (Wildman–Crippen LogP) is 6.92. The third-order valence-electron chi connectivity index (χ3n) is 8.89. The van der Waals surface area contributed by atoms with Crippen molar-refractivity contribution >= 4 is 58.5 Å². The number of methoxy groups -OCH3 is 2. The summed E-state index contributed by atoms with van der Waals surface area (Å²) in [6.45, 7) is 2.34. The number of nitrogens with one attached hydrogen (secondary N) is 2. The van der Waals surface area contributed by atoms with Crippen LogP contribution in [0.4, 0.5) is 17.2 Å². The van der Waals surface area contributed by atoms with Crippen molar-refractivity contribution in [3.63, 3.8) is 0 Å². The molecule has 1 fully saturated rings. The van der Waals surface area contributed by atoms with Gasteiger partial charge >= 0.3 is 0 Å². The maximum atomic E-state index is 10.4. The smallest absolute Gasteiger partial charge is 0.198 e. The van der Waals surface area contributed by atoms with E-state index in [-0.39, 0.29) is 12.2 Å². The Bertz CT molecular complexity index is 2520. The molecule has 5 heterocycles. The number of anilines is 3. The van der Waals surface area contributed by atoms with Gasteiger partial charge in [0.15, 0.2) is 21.4 Å². The first-order valence-electron chi connectivity index (χ1n) is 18.0. The lowest BCUT2D eigenvalue weighted by Gasteiger charge is -2.29. The third kappa shape index (κ3) is 9.46. The van der Waals surface area contributed by atoms with Crippen LogP contribution in [0, 0.1) is 4.77 Å². The Morgan fingerprint density at radius 2 is 1.66 bits per heavy atom. The molecule has 0 bridgehead atoms. The van der Waals surface area contributed by atoms with Gasteiger partial charge in [0.1, 0.15) is 60.7 Å². The number of aldehydes is 1. The van der Waals surface area contributed by atoms with Gasteiger partial charge in [0, 0.05) is 35.7 Å². The Morgan fingerprint density at radius 3 is 2.41 bits per heavy atom. The van der Waals surface area contributed by atoms with Crippen LogP contribution in [-0.2, 0) is 14.3 Å². The number of nitrogens with zero attached hydrogens (tertiary/aromatic N) is 5. The normalized spacial score (nSPS) is 16.4. The summed E-state index contributed by atoms with van der Waals surface area (Å²) in [7, 11) is 3.25. The summed E-state index contributed by atoms with van der Waals surface area (Å²) in [4.78, 5) is 31.1. The number of ether oxygens (including phenoxy) is 6. The molecule has 2 aliphatic heterocycles. The fraction of sp³-hybridized carbons (Fsp3) is 0.220.